The zero-order chi connectivity index (χ0) is 20.5. The number of hydrogen-bond donors (Lipinski definition) is 0. The van der Waals surface area contributed by atoms with Crippen LogP contribution in [0.15, 0.2) is 47.5 Å². The predicted molar refractivity (Wildman–Crippen MR) is 114 cm³/mol. The van der Waals surface area contributed by atoms with E-state index in [-0.39, 0.29) is 17.6 Å². The van der Waals surface area contributed by atoms with Crippen LogP contribution in [-0.4, -0.2) is 43.0 Å². The van der Waals surface area contributed by atoms with Crippen LogP contribution < -0.4 is 5.69 Å². The Kier molecular flexibility index (Phi) is 5.11. The van der Waals surface area contributed by atoms with Crippen LogP contribution in [0.2, 0.25) is 0 Å². The van der Waals surface area contributed by atoms with Gasteiger partial charge in [0, 0.05) is 32.0 Å². The summed E-state index contributed by atoms with van der Waals surface area (Å²) in [5.41, 5.74) is 2.09. The number of pyridine rings is 2. The molecule has 2 aliphatic rings. The van der Waals surface area contributed by atoms with Gasteiger partial charge in [-0.05, 0) is 49.4 Å². The van der Waals surface area contributed by atoms with E-state index < -0.39 is 0 Å². The Bertz CT molecular complexity index is 1100. The van der Waals surface area contributed by atoms with Crippen molar-refractivity contribution in [2.24, 2.45) is 5.92 Å². The van der Waals surface area contributed by atoms with E-state index in [1.807, 2.05) is 27.3 Å². The third-order valence-corrected chi connectivity index (χ3v) is 6.59. The fourth-order valence-corrected chi connectivity index (χ4v) is 5.03. The summed E-state index contributed by atoms with van der Waals surface area (Å²) >= 11 is 0. The molecule has 0 aromatic carbocycles. The Morgan fingerprint density at radius 1 is 1.00 bits per heavy atom. The molecule has 1 saturated heterocycles. The highest BCUT2D eigenvalue weighted by molar-refractivity contribution is 5.92. The maximum absolute atomic E-state index is 13.5. The van der Waals surface area contributed by atoms with Crippen molar-refractivity contribution in [3.8, 4) is 0 Å². The summed E-state index contributed by atoms with van der Waals surface area (Å²) in [6.45, 7) is 1.89. The van der Waals surface area contributed by atoms with Gasteiger partial charge < -0.3 is 4.90 Å². The summed E-state index contributed by atoms with van der Waals surface area (Å²) in [6.07, 6.45) is 10.3. The summed E-state index contributed by atoms with van der Waals surface area (Å²) < 4.78 is 3.74. The van der Waals surface area contributed by atoms with E-state index >= 15 is 0 Å². The molecule has 1 aliphatic heterocycles. The number of amides is 1. The number of carbonyl (C=O) groups excluding carboxylic acids is 1. The Balaban J connectivity index is 1.44. The van der Waals surface area contributed by atoms with Crippen LogP contribution >= 0.6 is 0 Å². The van der Waals surface area contributed by atoms with Crippen molar-refractivity contribution in [3.63, 3.8) is 0 Å². The molecule has 5 rings (SSSR count). The molecule has 3 aromatic rings. The molecule has 156 valence electrons. The summed E-state index contributed by atoms with van der Waals surface area (Å²) in [4.78, 5) is 36.8. The van der Waals surface area contributed by atoms with Gasteiger partial charge in [-0.2, -0.15) is 0 Å². The lowest BCUT2D eigenvalue weighted by Gasteiger charge is -2.21. The smallest absolute Gasteiger partial charge is 0.330 e. The zero-order valence-corrected chi connectivity index (χ0v) is 17.1. The Labute approximate surface area is 175 Å². The average molecular weight is 406 g/mol. The number of imidazole rings is 1. The van der Waals surface area contributed by atoms with E-state index in [1.165, 1.54) is 32.1 Å². The van der Waals surface area contributed by atoms with E-state index in [0.29, 0.717) is 24.7 Å². The summed E-state index contributed by atoms with van der Waals surface area (Å²) in [5, 5.41) is 0. The van der Waals surface area contributed by atoms with Crippen LogP contribution in [0.5, 0.6) is 0 Å². The van der Waals surface area contributed by atoms with Gasteiger partial charge in [-0.3, -0.25) is 18.9 Å². The molecule has 2 fully saturated rings. The van der Waals surface area contributed by atoms with Crippen LogP contribution in [0.3, 0.4) is 0 Å². The largest absolute Gasteiger partial charge is 0.335 e. The van der Waals surface area contributed by atoms with E-state index in [0.717, 1.165) is 24.1 Å². The molecule has 0 unspecified atom stereocenters. The topological polar surface area (TPSA) is 73.0 Å². The standard InChI is InChI=1S/C23H27N5O2/c29-22(19-9-4-5-12-24-19)26-14-11-18(16-26)28-21-20(10-6-13-25-21)27(23(28)30)15-17-7-2-1-3-8-17/h4-6,9-10,12-13,17-18H,1-3,7-8,11,14-16H2/t18-/m1/s1. The lowest BCUT2D eigenvalue weighted by molar-refractivity contribution is 0.0782. The first-order valence-electron chi connectivity index (χ1n) is 11.0. The minimum absolute atomic E-state index is 0.00593. The molecule has 30 heavy (non-hydrogen) atoms. The molecule has 0 N–H and O–H groups in total. The zero-order valence-electron chi connectivity index (χ0n) is 17.1. The summed E-state index contributed by atoms with van der Waals surface area (Å²) in [7, 11) is 0. The second kappa shape index (κ2) is 8.05. The van der Waals surface area contributed by atoms with E-state index in [4.69, 9.17) is 0 Å². The molecule has 7 heteroatoms. The lowest BCUT2D eigenvalue weighted by atomic mass is 9.89. The molecular weight excluding hydrogens is 378 g/mol. The van der Waals surface area contributed by atoms with Crippen molar-refractivity contribution in [1.82, 2.24) is 24.0 Å². The first-order chi connectivity index (χ1) is 14.7. The van der Waals surface area contributed by atoms with Crippen LogP contribution in [-0.2, 0) is 6.54 Å². The summed E-state index contributed by atoms with van der Waals surface area (Å²) in [6, 6.07) is 9.19. The fourth-order valence-electron chi connectivity index (χ4n) is 5.03. The number of hydrogen-bond acceptors (Lipinski definition) is 4. The van der Waals surface area contributed by atoms with Crippen molar-refractivity contribution < 1.29 is 4.79 Å². The first-order valence-corrected chi connectivity index (χ1v) is 11.0. The normalized spacial score (nSPS) is 20.1. The molecule has 1 aliphatic carbocycles. The highest BCUT2D eigenvalue weighted by atomic mass is 16.2. The van der Waals surface area contributed by atoms with Gasteiger partial charge in [-0.25, -0.2) is 9.78 Å². The number of rotatable bonds is 4. The Hall–Kier alpha value is -2.96. The van der Waals surface area contributed by atoms with E-state index in [2.05, 4.69) is 9.97 Å². The van der Waals surface area contributed by atoms with Crippen LogP contribution in [0.25, 0.3) is 11.2 Å². The quantitative estimate of drug-likeness (QED) is 0.668. The SMILES string of the molecule is O=C(c1ccccn1)N1CC[C@@H](n2c(=O)n(CC3CCCCC3)c3cccnc32)C1. The molecule has 0 spiro atoms. The van der Waals surface area contributed by atoms with Gasteiger partial charge in [0.15, 0.2) is 5.65 Å². The first kappa shape index (κ1) is 19.0. The second-order valence-electron chi connectivity index (χ2n) is 8.52. The van der Waals surface area contributed by atoms with Crippen LogP contribution in [0.1, 0.15) is 55.1 Å². The van der Waals surface area contributed by atoms with Gasteiger partial charge in [-0.1, -0.05) is 25.3 Å². The van der Waals surface area contributed by atoms with Crippen molar-refractivity contribution in [3.05, 3.63) is 58.9 Å². The Morgan fingerprint density at radius 2 is 1.83 bits per heavy atom. The molecule has 1 atom stereocenters. The summed E-state index contributed by atoms with van der Waals surface area (Å²) in [5.74, 6) is 0.478. The van der Waals surface area contributed by atoms with Crippen LogP contribution in [0.4, 0.5) is 0 Å². The number of carbonyl (C=O) groups is 1. The molecule has 0 bridgehead atoms. The van der Waals surface area contributed by atoms with Crippen molar-refractivity contribution in [2.45, 2.75) is 51.1 Å². The van der Waals surface area contributed by atoms with Gasteiger partial charge in [0.2, 0.25) is 0 Å². The molecule has 7 nitrogen and oxygen atoms in total. The highest BCUT2D eigenvalue weighted by Gasteiger charge is 2.32. The lowest BCUT2D eigenvalue weighted by Crippen LogP contribution is -2.33. The Morgan fingerprint density at radius 3 is 2.63 bits per heavy atom. The third kappa shape index (κ3) is 3.42. The van der Waals surface area contributed by atoms with Crippen molar-refractivity contribution in [1.29, 1.82) is 0 Å². The monoisotopic (exact) mass is 405 g/mol. The fraction of sp³-hybridized carbons (Fsp3) is 0.478. The minimum Gasteiger partial charge on any atom is -0.335 e. The number of likely N-dealkylation sites (tertiary alicyclic amines) is 1. The van der Waals surface area contributed by atoms with Gasteiger partial charge >= 0.3 is 5.69 Å². The van der Waals surface area contributed by atoms with Gasteiger partial charge in [0.1, 0.15) is 5.69 Å². The average Bonchev–Trinajstić information content (AvgIpc) is 3.38. The maximum atomic E-state index is 13.5. The molecule has 0 radical (unpaired) electrons. The molecule has 4 heterocycles. The molecular formula is C23H27N5O2. The number of fused-ring (bicyclic) bond motifs is 1. The number of aromatic nitrogens is 4. The molecule has 3 aromatic heterocycles. The van der Waals surface area contributed by atoms with Crippen molar-refractivity contribution >= 4 is 17.1 Å². The number of nitrogens with zero attached hydrogens (tertiary/aromatic N) is 5. The third-order valence-electron chi connectivity index (χ3n) is 6.59. The van der Waals surface area contributed by atoms with Gasteiger partial charge in [0.05, 0.1) is 11.6 Å². The molecule has 1 saturated carbocycles. The predicted octanol–water partition coefficient (Wildman–Crippen LogP) is 3.26. The van der Waals surface area contributed by atoms with Crippen LogP contribution in [0, 0.1) is 5.92 Å². The van der Waals surface area contributed by atoms with Gasteiger partial charge in [0.25, 0.3) is 5.91 Å². The minimum atomic E-state index is -0.0787. The van der Waals surface area contributed by atoms with Crippen molar-refractivity contribution in [2.75, 3.05) is 13.1 Å². The van der Waals surface area contributed by atoms with E-state index in [1.54, 1.807) is 29.4 Å². The van der Waals surface area contributed by atoms with E-state index in [9.17, 15) is 9.59 Å². The second-order valence-corrected chi connectivity index (χ2v) is 8.52. The molecule has 1 amide bonds. The highest BCUT2D eigenvalue weighted by Crippen LogP contribution is 2.28. The maximum Gasteiger partial charge on any atom is 0.330 e. The van der Waals surface area contributed by atoms with Gasteiger partial charge in [-0.15, -0.1) is 0 Å².